The summed E-state index contributed by atoms with van der Waals surface area (Å²) in [5, 5.41) is 10.1. The number of benzene rings is 2. The van der Waals surface area contributed by atoms with Gasteiger partial charge >= 0.3 is 0 Å². The zero-order valence-corrected chi connectivity index (χ0v) is 11.9. The largest absolute Gasteiger partial charge is 0.506 e. The van der Waals surface area contributed by atoms with Gasteiger partial charge in [0.25, 0.3) is 0 Å². The number of Topliss-reactive ketones (excluding diaryl/α,β-unsaturated/α-hetero) is 1. The summed E-state index contributed by atoms with van der Waals surface area (Å²) in [5.41, 5.74) is 2.50. The molecular weight excluding hydrogens is 262 g/mol. The molecule has 0 saturated carbocycles. The number of aromatic hydroxyl groups is 1. The maximum Gasteiger partial charge on any atom is 0.162 e. The normalized spacial score (nSPS) is 18.5. The molecule has 0 fully saturated rings. The van der Waals surface area contributed by atoms with Crippen molar-refractivity contribution in [2.45, 2.75) is 19.4 Å². The minimum Gasteiger partial charge on any atom is -0.506 e. The predicted octanol–water partition coefficient (Wildman–Crippen LogP) is 3.82. The lowest BCUT2D eigenvalue weighted by Gasteiger charge is -2.35. The lowest BCUT2D eigenvalue weighted by Crippen LogP contribution is -2.31. The molecular formula is C18H17NO2. The van der Waals surface area contributed by atoms with Crippen molar-refractivity contribution in [2.75, 3.05) is 4.90 Å². The number of carbonyl (C=O) groups is 1. The highest BCUT2D eigenvalue weighted by atomic mass is 16.3. The molecule has 0 aromatic heterocycles. The van der Waals surface area contributed by atoms with Crippen LogP contribution in [0.5, 0.6) is 5.75 Å². The van der Waals surface area contributed by atoms with Gasteiger partial charge in [-0.2, -0.15) is 0 Å². The van der Waals surface area contributed by atoms with Crippen molar-refractivity contribution in [3.8, 4) is 5.75 Å². The predicted molar refractivity (Wildman–Crippen MR) is 83.1 cm³/mol. The zero-order chi connectivity index (χ0) is 14.8. The number of phenolic OH excluding ortho intramolecular Hbond substituents is 1. The third-order valence-electron chi connectivity index (χ3n) is 3.83. The summed E-state index contributed by atoms with van der Waals surface area (Å²) in [7, 11) is 0. The smallest absolute Gasteiger partial charge is 0.162 e. The number of allylic oxidation sites excluding steroid dienone is 1. The molecule has 3 heteroatoms. The van der Waals surface area contributed by atoms with Crippen LogP contribution in [0.2, 0.25) is 0 Å². The summed E-state index contributed by atoms with van der Waals surface area (Å²) in [6.45, 7) is 1.82. The fourth-order valence-corrected chi connectivity index (χ4v) is 2.68. The number of phenols is 1. The van der Waals surface area contributed by atoms with Crippen molar-refractivity contribution < 1.29 is 9.90 Å². The van der Waals surface area contributed by atoms with E-state index in [-0.39, 0.29) is 17.6 Å². The van der Waals surface area contributed by atoms with Gasteiger partial charge in [-0.05, 0) is 24.6 Å². The van der Waals surface area contributed by atoms with Crippen LogP contribution in [0.4, 0.5) is 5.69 Å². The lowest BCUT2D eigenvalue weighted by molar-refractivity contribution is -0.116. The van der Waals surface area contributed by atoms with E-state index in [2.05, 4.69) is 0 Å². The van der Waals surface area contributed by atoms with Crippen LogP contribution < -0.4 is 4.90 Å². The average molecular weight is 279 g/mol. The highest BCUT2D eigenvalue weighted by Gasteiger charge is 2.29. The maximum absolute atomic E-state index is 12.1. The van der Waals surface area contributed by atoms with Gasteiger partial charge in [-0.25, -0.2) is 0 Å². The maximum atomic E-state index is 12.1. The van der Waals surface area contributed by atoms with E-state index in [1.807, 2.05) is 60.5 Å². The SMILES string of the molecule is CC1=CN(c2ccccc2O)[C@@H](c2ccccc2)CC1=O. The Balaban J connectivity index is 2.09. The molecule has 1 aliphatic heterocycles. The van der Waals surface area contributed by atoms with E-state index < -0.39 is 0 Å². The van der Waals surface area contributed by atoms with Crippen LogP contribution in [0.3, 0.4) is 0 Å². The molecule has 1 heterocycles. The number of rotatable bonds is 2. The minimum absolute atomic E-state index is 0.0873. The second-order valence-electron chi connectivity index (χ2n) is 5.26. The third kappa shape index (κ3) is 2.55. The quantitative estimate of drug-likeness (QED) is 0.908. The van der Waals surface area contributed by atoms with Gasteiger partial charge in [0.2, 0.25) is 0 Å². The first-order valence-electron chi connectivity index (χ1n) is 6.99. The van der Waals surface area contributed by atoms with E-state index in [9.17, 15) is 9.90 Å². The summed E-state index contributed by atoms with van der Waals surface area (Å²) in [5.74, 6) is 0.368. The van der Waals surface area contributed by atoms with E-state index in [0.29, 0.717) is 12.0 Å². The second kappa shape index (κ2) is 5.44. The molecule has 21 heavy (non-hydrogen) atoms. The molecule has 3 rings (SSSR count). The summed E-state index contributed by atoms with van der Waals surface area (Å²) in [6.07, 6.45) is 2.25. The fraction of sp³-hybridized carbons (Fsp3) is 0.167. The fourth-order valence-electron chi connectivity index (χ4n) is 2.68. The second-order valence-corrected chi connectivity index (χ2v) is 5.26. The highest BCUT2D eigenvalue weighted by Crippen LogP contribution is 2.38. The van der Waals surface area contributed by atoms with Gasteiger partial charge in [-0.3, -0.25) is 4.79 Å². The van der Waals surface area contributed by atoms with Gasteiger partial charge in [0.05, 0.1) is 11.7 Å². The summed E-state index contributed by atoms with van der Waals surface area (Å²) >= 11 is 0. The van der Waals surface area contributed by atoms with Gasteiger partial charge in [-0.1, -0.05) is 42.5 Å². The van der Waals surface area contributed by atoms with Gasteiger partial charge in [-0.15, -0.1) is 0 Å². The highest BCUT2D eigenvalue weighted by molar-refractivity contribution is 5.97. The van der Waals surface area contributed by atoms with E-state index in [0.717, 1.165) is 11.3 Å². The number of nitrogens with zero attached hydrogens (tertiary/aromatic N) is 1. The summed E-state index contributed by atoms with van der Waals surface area (Å²) in [6, 6.07) is 17.0. The molecule has 0 aliphatic carbocycles. The number of hydrogen-bond acceptors (Lipinski definition) is 3. The number of ketones is 1. The molecule has 0 radical (unpaired) electrons. The molecule has 106 valence electrons. The van der Waals surface area contributed by atoms with E-state index in [4.69, 9.17) is 0 Å². The molecule has 1 atom stereocenters. The Labute approximate surface area is 124 Å². The molecule has 0 amide bonds. The molecule has 0 spiro atoms. The summed E-state index contributed by atoms with van der Waals surface area (Å²) < 4.78 is 0. The van der Waals surface area contributed by atoms with Crippen LogP contribution in [-0.2, 0) is 4.79 Å². The van der Waals surface area contributed by atoms with Crippen LogP contribution in [0.25, 0.3) is 0 Å². The molecule has 0 saturated heterocycles. The molecule has 0 bridgehead atoms. The number of para-hydroxylation sites is 2. The first-order valence-corrected chi connectivity index (χ1v) is 6.99. The average Bonchev–Trinajstić information content (AvgIpc) is 2.51. The molecule has 1 N–H and O–H groups in total. The topological polar surface area (TPSA) is 40.5 Å². The molecule has 3 nitrogen and oxygen atoms in total. The van der Waals surface area contributed by atoms with Crippen LogP contribution in [-0.4, -0.2) is 10.9 Å². The Morgan fingerprint density at radius 3 is 2.43 bits per heavy atom. The monoisotopic (exact) mass is 279 g/mol. The van der Waals surface area contributed by atoms with Crippen molar-refractivity contribution in [1.82, 2.24) is 0 Å². The van der Waals surface area contributed by atoms with Gasteiger partial charge in [0.1, 0.15) is 5.75 Å². The van der Waals surface area contributed by atoms with E-state index in [1.54, 1.807) is 12.1 Å². The van der Waals surface area contributed by atoms with E-state index in [1.165, 1.54) is 0 Å². The van der Waals surface area contributed by atoms with Crippen LogP contribution in [0, 0.1) is 0 Å². The van der Waals surface area contributed by atoms with Crippen molar-refractivity contribution in [3.63, 3.8) is 0 Å². The zero-order valence-electron chi connectivity index (χ0n) is 11.9. The molecule has 0 unspecified atom stereocenters. The molecule has 2 aromatic rings. The molecule has 2 aromatic carbocycles. The number of anilines is 1. The van der Waals surface area contributed by atoms with Crippen LogP contribution in [0.15, 0.2) is 66.4 Å². The van der Waals surface area contributed by atoms with E-state index >= 15 is 0 Å². The standard InChI is InChI=1S/C18H17NO2/c1-13-12-19(15-9-5-6-10-17(15)20)16(11-18(13)21)14-7-3-2-4-8-14/h2-10,12,16,20H,11H2,1H3/t16-/m1/s1. The summed E-state index contributed by atoms with van der Waals surface area (Å²) in [4.78, 5) is 14.1. The lowest BCUT2D eigenvalue weighted by atomic mass is 9.93. The van der Waals surface area contributed by atoms with Crippen LogP contribution >= 0.6 is 0 Å². The Kier molecular flexibility index (Phi) is 3.48. The Morgan fingerprint density at radius 1 is 1.05 bits per heavy atom. The van der Waals surface area contributed by atoms with Crippen molar-refractivity contribution in [3.05, 3.63) is 71.9 Å². The third-order valence-corrected chi connectivity index (χ3v) is 3.83. The molecule has 1 aliphatic rings. The number of hydrogen-bond donors (Lipinski definition) is 1. The number of carbonyl (C=O) groups excluding carboxylic acids is 1. The van der Waals surface area contributed by atoms with Gasteiger partial charge < -0.3 is 10.0 Å². The Bertz CT molecular complexity index is 691. The Hall–Kier alpha value is -2.55. The van der Waals surface area contributed by atoms with Crippen molar-refractivity contribution >= 4 is 11.5 Å². The van der Waals surface area contributed by atoms with Crippen molar-refractivity contribution in [1.29, 1.82) is 0 Å². The Morgan fingerprint density at radius 2 is 1.71 bits per heavy atom. The van der Waals surface area contributed by atoms with Gasteiger partial charge in [0.15, 0.2) is 5.78 Å². The first kappa shape index (κ1) is 13.4. The first-order chi connectivity index (χ1) is 10.2. The van der Waals surface area contributed by atoms with Crippen molar-refractivity contribution in [2.24, 2.45) is 0 Å². The minimum atomic E-state index is -0.0873. The van der Waals surface area contributed by atoms with Gasteiger partial charge in [0, 0.05) is 18.2 Å². The van der Waals surface area contributed by atoms with Crippen LogP contribution in [0.1, 0.15) is 24.9 Å².